The number of non-ortho nitro benzene ring substituents is 1. The summed E-state index contributed by atoms with van der Waals surface area (Å²) < 4.78 is 28.9. The van der Waals surface area contributed by atoms with Gasteiger partial charge in [0.1, 0.15) is 0 Å². The van der Waals surface area contributed by atoms with Gasteiger partial charge in [0.25, 0.3) is 5.69 Å². The lowest BCUT2D eigenvalue weighted by molar-refractivity contribution is -0.385. The lowest BCUT2D eigenvalue weighted by atomic mass is 9.48. The number of nitrogens with one attached hydrogen (secondary N) is 1. The van der Waals surface area contributed by atoms with Crippen LogP contribution in [0.4, 0.5) is 5.69 Å². The molecule has 1 N–H and O–H groups in total. The van der Waals surface area contributed by atoms with Gasteiger partial charge < -0.3 is 0 Å². The summed E-state index contributed by atoms with van der Waals surface area (Å²) in [5, 5.41) is 11.0. The maximum atomic E-state index is 13.0. The predicted octanol–water partition coefficient (Wildman–Crippen LogP) is 3.79. The Labute approximate surface area is 154 Å². The van der Waals surface area contributed by atoms with Crippen molar-refractivity contribution in [3.05, 3.63) is 33.9 Å². The summed E-state index contributed by atoms with van der Waals surface area (Å²) in [4.78, 5) is 10.5. The van der Waals surface area contributed by atoms with Crippen molar-refractivity contribution in [3.63, 3.8) is 0 Å². The number of hydrogen-bond acceptors (Lipinski definition) is 4. The average molecular weight is 378 g/mol. The highest BCUT2D eigenvalue weighted by molar-refractivity contribution is 7.89. The van der Waals surface area contributed by atoms with Crippen LogP contribution >= 0.6 is 0 Å². The molecule has 1 atom stereocenters. The SMILES string of the molecule is Cc1ccc([N+](=O)[O-])cc1S(=O)(=O)N[C@@H](C)C12CC3CC(CC(C3)C1)C2. The molecule has 0 aliphatic heterocycles. The van der Waals surface area contributed by atoms with E-state index in [0.29, 0.717) is 5.56 Å². The van der Waals surface area contributed by atoms with Gasteiger partial charge in [-0.05, 0) is 81.1 Å². The van der Waals surface area contributed by atoms with Gasteiger partial charge >= 0.3 is 0 Å². The third-order valence-electron chi connectivity index (χ3n) is 7.01. The lowest BCUT2D eigenvalue weighted by Crippen LogP contribution is -2.55. The number of nitro benzene ring substituents is 1. The molecule has 4 bridgehead atoms. The topological polar surface area (TPSA) is 89.3 Å². The smallest absolute Gasteiger partial charge is 0.258 e. The number of rotatable bonds is 5. The van der Waals surface area contributed by atoms with Crippen molar-refractivity contribution in [1.82, 2.24) is 4.72 Å². The van der Waals surface area contributed by atoms with E-state index < -0.39 is 14.9 Å². The van der Waals surface area contributed by atoms with E-state index in [9.17, 15) is 18.5 Å². The van der Waals surface area contributed by atoms with Crippen LogP contribution in [0, 0.1) is 40.2 Å². The molecule has 1 aromatic carbocycles. The molecule has 4 fully saturated rings. The van der Waals surface area contributed by atoms with Crippen molar-refractivity contribution in [2.75, 3.05) is 0 Å². The van der Waals surface area contributed by atoms with E-state index >= 15 is 0 Å². The minimum absolute atomic E-state index is 0.0169. The van der Waals surface area contributed by atoms with Crippen molar-refractivity contribution in [2.45, 2.75) is 63.3 Å². The fourth-order valence-electron chi connectivity index (χ4n) is 6.12. The second-order valence-corrected chi connectivity index (χ2v) is 10.5. The van der Waals surface area contributed by atoms with E-state index in [2.05, 4.69) is 4.72 Å². The van der Waals surface area contributed by atoms with Crippen LogP contribution in [-0.2, 0) is 10.0 Å². The van der Waals surface area contributed by atoms with Crippen LogP contribution in [0.2, 0.25) is 0 Å². The van der Waals surface area contributed by atoms with Crippen LogP contribution in [0.15, 0.2) is 23.1 Å². The first-order valence-corrected chi connectivity index (χ1v) is 10.9. The Hall–Kier alpha value is -1.47. The van der Waals surface area contributed by atoms with E-state index in [1.54, 1.807) is 6.92 Å². The van der Waals surface area contributed by atoms with E-state index in [0.717, 1.165) is 37.0 Å². The highest BCUT2D eigenvalue weighted by atomic mass is 32.2. The molecule has 0 radical (unpaired) electrons. The van der Waals surface area contributed by atoms with Gasteiger partial charge in [0.05, 0.1) is 9.82 Å². The summed E-state index contributed by atoms with van der Waals surface area (Å²) in [5.74, 6) is 2.23. The number of sulfonamides is 1. The second-order valence-electron chi connectivity index (χ2n) is 8.83. The average Bonchev–Trinajstić information content (AvgIpc) is 2.53. The summed E-state index contributed by atoms with van der Waals surface area (Å²) in [6.07, 6.45) is 7.25. The van der Waals surface area contributed by atoms with Gasteiger partial charge in [-0.1, -0.05) is 6.07 Å². The van der Waals surface area contributed by atoms with Crippen LogP contribution in [0.1, 0.15) is 51.0 Å². The normalized spacial score (nSPS) is 34.0. The molecule has 4 aliphatic rings. The van der Waals surface area contributed by atoms with Crippen LogP contribution in [-0.4, -0.2) is 19.4 Å². The quantitative estimate of drug-likeness (QED) is 0.623. The minimum atomic E-state index is -3.79. The number of hydrogen-bond donors (Lipinski definition) is 1. The maximum absolute atomic E-state index is 13.0. The van der Waals surface area contributed by atoms with Crippen molar-refractivity contribution in [1.29, 1.82) is 0 Å². The molecule has 0 aromatic heterocycles. The number of benzene rings is 1. The molecule has 0 heterocycles. The minimum Gasteiger partial charge on any atom is -0.258 e. The van der Waals surface area contributed by atoms with Gasteiger partial charge in [-0.2, -0.15) is 0 Å². The molecule has 0 spiro atoms. The molecule has 4 aliphatic carbocycles. The van der Waals surface area contributed by atoms with Crippen molar-refractivity contribution < 1.29 is 13.3 Å². The summed E-state index contributed by atoms with van der Waals surface area (Å²) >= 11 is 0. The van der Waals surface area contributed by atoms with Gasteiger partial charge in [0, 0.05) is 18.2 Å². The third kappa shape index (κ3) is 2.95. The third-order valence-corrected chi connectivity index (χ3v) is 8.69. The predicted molar refractivity (Wildman–Crippen MR) is 98.2 cm³/mol. The molecular weight excluding hydrogens is 352 g/mol. The number of nitro groups is 1. The Morgan fingerprint density at radius 3 is 2.19 bits per heavy atom. The molecule has 4 saturated carbocycles. The first kappa shape index (κ1) is 17.9. The second kappa shape index (κ2) is 6.02. The van der Waals surface area contributed by atoms with Crippen LogP contribution in [0.25, 0.3) is 0 Å². The molecule has 142 valence electrons. The lowest BCUT2D eigenvalue weighted by Gasteiger charge is -2.59. The Kier molecular flexibility index (Phi) is 4.15. The molecule has 1 aromatic rings. The Bertz CT molecular complexity index is 814. The maximum Gasteiger partial charge on any atom is 0.270 e. The standard InChI is InChI=1S/C19H26N2O4S/c1-12-3-4-17(21(22)23)8-18(12)26(24,25)20-13(2)19-9-14-5-15(10-19)7-16(6-14)11-19/h3-4,8,13-16,20H,5-7,9-11H2,1-2H3/t13-,14?,15?,16?,19?/m0/s1. The van der Waals surface area contributed by atoms with Crippen LogP contribution in [0.5, 0.6) is 0 Å². The molecule has 0 unspecified atom stereocenters. The van der Waals surface area contributed by atoms with Crippen molar-refractivity contribution >= 4 is 15.7 Å². The van der Waals surface area contributed by atoms with Crippen molar-refractivity contribution in [2.24, 2.45) is 23.2 Å². The molecule has 7 heteroatoms. The fourth-order valence-corrected chi connectivity index (χ4v) is 7.73. The van der Waals surface area contributed by atoms with Gasteiger partial charge in [-0.25, -0.2) is 13.1 Å². The van der Waals surface area contributed by atoms with E-state index in [-0.39, 0.29) is 22.0 Å². The summed E-state index contributed by atoms with van der Waals surface area (Å²) in [7, 11) is -3.79. The van der Waals surface area contributed by atoms with Gasteiger partial charge in [-0.15, -0.1) is 0 Å². The van der Waals surface area contributed by atoms with E-state index in [4.69, 9.17) is 0 Å². The fraction of sp³-hybridized carbons (Fsp3) is 0.684. The Morgan fingerprint density at radius 1 is 1.15 bits per heavy atom. The largest absolute Gasteiger partial charge is 0.270 e. The highest BCUT2D eigenvalue weighted by Gasteiger charge is 2.53. The Morgan fingerprint density at radius 2 is 1.69 bits per heavy atom. The molecular formula is C19H26N2O4S. The van der Waals surface area contributed by atoms with Gasteiger partial charge in [-0.3, -0.25) is 10.1 Å². The molecule has 26 heavy (non-hydrogen) atoms. The summed E-state index contributed by atoms with van der Waals surface area (Å²) in [6.45, 7) is 3.66. The monoisotopic (exact) mass is 378 g/mol. The first-order chi connectivity index (χ1) is 12.2. The molecule has 0 amide bonds. The highest BCUT2D eigenvalue weighted by Crippen LogP contribution is 2.61. The first-order valence-electron chi connectivity index (χ1n) is 9.46. The Balaban J connectivity index is 1.60. The van der Waals surface area contributed by atoms with E-state index in [1.807, 2.05) is 6.92 Å². The molecule has 0 saturated heterocycles. The van der Waals surface area contributed by atoms with Crippen molar-refractivity contribution in [3.8, 4) is 0 Å². The zero-order valence-electron chi connectivity index (χ0n) is 15.3. The zero-order valence-corrected chi connectivity index (χ0v) is 16.1. The zero-order chi connectivity index (χ0) is 18.7. The van der Waals surface area contributed by atoms with Gasteiger partial charge in [0.2, 0.25) is 10.0 Å². The number of aryl methyl sites for hydroxylation is 1. The van der Waals surface area contributed by atoms with Crippen LogP contribution < -0.4 is 4.72 Å². The van der Waals surface area contributed by atoms with Gasteiger partial charge in [0.15, 0.2) is 0 Å². The molecule has 5 rings (SSSR count). The summed E-state index contributed by atoms with van der Waals surface area (Å²) in [6, 6.07) is 3.86. The molecule has 6 nitrogen and oxygen atoms in total. The van der Waals surface area contributed by atoms with E-state index in [1.165, 1.54) is 37.5 Å². The number of nitrogens with zero attached hydrogens (tertiary/aromatic N) is 1. The summed E-state index contributed by atoms with van der Waals surface area (Å²) in [5.41, 5.74) is 0.385. The van der Waals surface area contributed by atoms with Crippen LogP contribution in [0.3, 0.4) is 0 Å².